The molecule has 1 N–H and O–H groups in total. The van der Waals surface area contributed by atoms with Gasteiger partial charge in [0.05, 0.1) is 5.56 Å². The molecule has 19 heavy (non-hydrogen) atoms. The van der Waals surface area contributed by atoms with Crippen molar-refractivity contribution in [1.29, 1.82) is 0 Å². The van der Waals surface area contributed by atoms with Gasteiger partial charge in [0.25, 0.3) is 0 Å². The van der Waals surface area contributed by atoms with Crippen LogP contribution in [0.3, 0.4) is 0 Å². The minimum absolute atomic E-state index is 0.313. The number of rotatable bonds is 3. The van der Waals surface area contributed by atoms with E-state index in [2.05, 4.69) is 15.5 Å². The van der Waals surface area contributed by atoms with Crippen molar-refractivity contribution in [3.63, 3.8) is 0 Å². The van der Waals surface area contributed by atoms with E-state index in [1.54, 1.807) is 18.2 Å². The smallest absolute Gasteiger partial charge is 0.325 e. The number of para-hydroxylation sites is 1. The summed E-state index contributed by atoms with van der Waals surface area (Å²) in [5, 5.41) is 19.8. The predicted molar refractivity (Wildman–Crippen MR) is 61.9 cm³/mol. The van der Waals surface area contributed by atoms with Gasteiger partial charge in [-0.3, -0.25) is 4.79 Å². The van der Waals surface area contributed by atoms with Gasteiger partial charge in [0.15, 0.2) is 17.3 Å². The first-order valence-electron chi connectivity index (χ1n) is 5.62. The Kier molecular flexibility index (Phi) is 2.75. The van der Waals surface area contributed by atoms with E-state index in [0.717, 1.165) is 0 Å². The molecular weight excluding hydrogens is 252 g/mol. The maximum atomic E-state index is 10.8. The first-order valence-corrected chi connectivity index (χ1v) is 5.62. The molecule has 2 aromatic rings. The van der Waals surface area contributed by atoms with Gasteiger partial charge in [0.1, 0.15) is 19.8 Å². The number of carbonyl (C=O) groups is 1. The van der Waals surface area contributed by atoms with Gasteiger partial charge in [0.2, 0.25) is 0 Å². The molecule has 2 heterocycles. The van der Waals surface area contributed by atoms with E-state index < -0.39 is 5.97 Å². The number of hydrogen-bond acceptors (Lipinski definition) is 6. The maximum Gasteiger partial charge on any atom is 0.325 e. The summed E-state index contributed by atoms with van der Waals surface area (Å²) in [6.07, 6.45) is 0. The largest absolute Gasteiger partial charge is 0.486 e. The Morgan fingerprint density at radius 3 is 3.05 bits per heavy atom. The lowest BCUT2D eigenvalue weighted by atomic mass is 10.1. The molecule has 0 unspecified atom stereocenters. The van der Waals surface area contributed by atoms with Crippen molar-refractivity contribution in [2.75, 3.05) is 13.2 Å². The third-order valence-corrected chi connectivity index (χ3v) is 2.62. The third-order valence-electron chi connectivity index (χ3n) is 2.62. The molecule has 98 valence electrons. The van der Waals surface area contributed by atoms with Crippen LogP contribution in [-0.4, -0.2) is 44.5 Å². The molecule has 3 rings (SSSR count). The van der Waals surface area contributed by atoms with Crippen LogP contribution in [0.15, 0.2) is 18.2 Å². The average Bonchev–Trinajstić information content (AvgIpc) is 2.85. The second-order valence-electron chi connectivity index (χ2n) is 3.88. The van der Waals surface area contributed by atoms with Gasteiger partial charge in [-0.05, 0) is 22.6 Å². The lowest BCUT2D eigenvalue weighted by Gasteiger charge is -2.20. The van der Waals surface area contributed by atoms with Crippen molar-refractivity contribution in [1.82, 2.24) is 20.2 Å². The van der Waals surface area contributed by atoms with E-state index in [0.29, 0.717) is 36.1 Å². The lowest BCUT2D eigenvalue weighted by Crippen LogP contribution is -2.17. The molecule has 8 nitrogen and oxygen atoms in total. The molecule has 1 aliphatic heterocycles. The Labute approximate surface area is 107 Å². The molecule has 1 aliphatic rings. The number of aliphatic carboxylic acids is 1. The van der Waals surface area contributed by atoms with Crippen LogP contribution in [0.4, 0.5) is 0 Å². The molecule has 0 saturated heterocycles. The topological polar surface area (TPSA) is 99.4 Å². The van der Waals surface area contributed by atoms with E-state index in [4.69, 9.17) is 14.6 Å². The molecule has 0 spiro atoms. The van der Waals surface area contributed by atoms with Crippen LogP contribution in [0.5, 0.6) is 11.5 Å². The van der Waals surface area contributed by atoms with Crippen LogP contribution in [0, 0.1) is 0 Å². The minimum Gasteiger partial charge on any atom is -0.486 e. The average molecular weight is 262 g/mol. The summed E-state index contributed by atoms with van der Waals surface area (Å²) in [6, 6.07) is 5.32. The van der Waals surface area contributed by atoms with Crippen molar-refractivity contribution in [2.45, 2.75) is 6.54 Å². The van der Waals surface area contributed by atoms with Crippen LogP contribution < -0.4 is 9.47 Å². The fourth-order valence-electron chi connectivity index (χ4n) is 1.88. The molecule has 1 aromatic carbocycles. The number of benzene rings is 1. The molecule has 0 atom stereocenters. The van der Waals surface area contributed by atoms with Gasteiger partial charge in [-0.2, -0.15) is 0 Å². The quantitative estimate of drug-likeness (QED) is 0.843. The predicted octanol–water partition coefficient (Wildman–Crippen LogP) is 0.196. The van der Waals surface area contributed by atoms with Gasteiger partial charge < -0.3 is 14.6 Å². The molecule has 0 fully saturated rings. The summed E-state index contributed by atoms with van der Waals surface area (Å²) >= 11 is 0. The Morgan fingerprint density at radius 1 is 1.37 bits per heavy atom. The zero-order valence-corrected chi connectivity index (χ0v) is 9.81. The summed E-state index contributed by atoms with van der Waals surface area (Å²) in [7, 11) is 0. The monoisotopic (exact) mass is 262 g/mol. The van der Waals surface area contributed by atoms with Crippen LogP contribution in [0.25, 0.3) is 11.4 Å². The normalized spacial score (nSPS) is 13.3. The highest BCUT2D eigenvalue weighted by Crippen LogP contribution is 2.38. The first kappa shape index (κ1) is 11.5. The van der Waals surface area contributed by atoms with Gasteiger partial charge in [-0.1, -0.05) is 6.07 Å². The van der Waals surface area contributed by atoms with Crippen molar-refractivity contribution >= 4 is 5.97 Å². The number of ether oxygens (including phenoxy) is 2. The molecule has 0 aliphatic carbocycles. The summed E-state index contributed by atoms with van der Waals surface area (Å²) in [4.78, 5) is 10.8. The molecule has 1 aromatic heterocycles. The Morgan fingerprint density at radius 2 is 2.21 bits per heavy atom. The highest BCUT2D eigenvalue weighted by atomic mass is 16.6. The highest BCUT2D eigenvalue weighted by molar-refractivity contribution is 5.71. The fraction of sp³-hybridized carbons (Fsp3) is 0.273. The van der Waals surface area contributed by atoms with Crippen molar-refractivity contribution < 1.29 is 19.4 Å². The van der Waals surface area contributed by atoms with E-state index in [1.165, 1.54) is 4.68 Å². The Hall–Kier alpha value is -2.64. The van der Waals surface area contributed by atoms with Gasteiger partial charge >= 0.3 is 5.97 Å². The summed E-state index contributed by atoms with van der Waals surface area (Å²) in [5.74, 6) is 0.462. The second kappa shape index (κ2) is 4.56. The number of fused-ring (bicyclic) bond motifs is 1. The van der Waals surface area contributed by atoms with E-state index in [-0.39, 0.29) is 6.54 Å². The third kappa shape index (κ3) is 2.07. The van der Waals surface area contributed by atoms with Crippen LogP contribution >= 0.6 is 0 Å². The zero-order chi connectivity index (χ0) is 13.2. The number of carboxylic acid groups (broad SMARTS) is 1. The summed E-state index contributed by atoms with van der Waals surface area (Å²) < 4.78 is 12.2. The number of aromatic nitrogens is 4. The van der Waals surface area contributed by atoms with Crippen LogP contribution in [0.2, 0.25) is 0 Å². The Balaban J connectivity index is 2.07. The van der Waals surface area contributed by atoms with E-state index in [9.17, 15) is 4.79 Å². The van der Waals surface area contributed by atoms with Crippen LogP contribution in [-0.2, 0) is 11.3 Å². The van der Waals surface area contributed by atoms with Crippen molar-refractivity contribution in [3.8, 4) is 22.9 Å². The van der Waals surface area contributed by atoms with Crippen molar-refractivity contribution in [3.05, 3.63) is 18.2 Å². The fourth-order valence-corrected chi connectivity index (χ4v) is 1.88. The van der Waals surface area contributed by atoms with Gasteiger partial charge in [-0.15, -0.1) is 5.10 Å². The molecule has 0 saturated carbocycles. The van der Waals surface area contributed by atoms with Crippen LogP contribution in [0.1, 0.15) is 0 Å². The maximum absolute atomic E-state index is 10.8. The molecule has 0 bridgehead atoms. The number of carboxylic acids is 1. The van der Waals surface area contributed by atoms with E-state index in [1.807, 2.05) is 0 Å². The SMILES string of the molecule is O=C(O)Cn1nnnc1-c1cccc2c1OCCO2. The first-order chi connectivity index (χ1) is 9.25. The highest BCUT2D eigenvalue weighted by Gasteiger charge is 2.21. The molecular formula is C11H10N4O4. The molecule has 0 radical (unpaired) electrons. The number of hydrogen-bond donors (Lipinski definition) is 1. The van der Waals surface area contributed by atoms with E-state index >= 15 is 0 Å². The molecule has 0 amide bonds. The lowest BCUT2D eigenvalue weighted by molar-refractivity contribution is -0.137. The Bertz CT molecular complexity index is 625. The number of tetrazole rings is 1. The standard InChI is InChI=1S/C11H10N4O4/c16-9(17)6-15-11(12-13-14-15)7-2-1-3-8-10(7)19-5-4-18-8/h1-3H,4-6H2,(H,16,17). The summed E-state index contributed by atoms with van der Waals surface area (Å²) in [5.41, 5.74) is 0.614. The van der Waals surface area contributed by atoms with Crippen molar-refractivity contribution in [2.24, 2.45) is 0 Å². The second-order valence-corrected chi connectivity index (χ2v) is 3.88. The minimum atomic E-state index is -1.02. The summed E-state index contributed by atoms with van der Waals surface area (Å²) in [6.45, 7) is 0.605. The van der Waals surface area contributed by atoms with Gasteiger partial charge in [0, 0.05) is 0 Å². The number of nitrogens with zero attached hydrogens (tertiary/aromatic N) is 4. The van der Waals surface area contributed by atoms with Gasteiger partial charge in [-0.25, -0.2) is 4.68 Å². The molecule has 8 heteroatoms. The zero-order valence-electron chi connectivity index (χ0n) is 9.81.